The van der Waals surface area contributed by atoms with Crippen molar-refractivity contribution in [2.24, 2.45) is 0 Å². The summed E-state index contributed by atoms with van der Waals surface area (Å²) in [6.45, 7) is 1.74. The number of piperazine rings is 1. The molecule has 0 spiro atoms. The number of carbonyl (C=O) groups is 4. The molecule has 1 saturated heterocycles. The predicted molar refractivity (Wildman–Crippen MR) is 159 cm³/mol. The van der Waals surface area contributed by atoms with Crippen molar-refractivity contribution in [3.63, 3.8) is 0 Å². The van der Waals surface area contributed by atoms with E-state index in [4.69, 9.17) is 14.9 Å². The van der Waals surface area contributed by atoms with Crippen LogP contribution in [0, 0.1) is 5.41 Å². The van der Waals surface area contributed by atoms with Crippen molar-refractivity contribution in [1.82, 2.24) is 20.4 Å². The lowest BCUT2D eigenvalue weighted by Gasteiger charge is -2.35. The minimum Gasteiger partial charge on any atom is -0.461 e. The zero-order valence-electron chi connectivity index (χ0n) is 23.6. The van der Waals surface area contributed by atoms with Crippen LogP contribution in [0.1, 0.15) is 27.9 Å². The molecule has 12 heteroatoms. The summed E-state index contributed by atoms with van der Waals surface area (Å²) in [6.07, 6.45) is -0.691. The number of hydrogen-bond acceptors (Lipinski definition) is 7. The monoisotopic (exact) mass is 586 g/mol. The Morgan fingerprint density at radius 1 is 0.744 bits per heavy atom. The molecule has 1 fully saturated rings. The van der Waals surface area contributed by atoms with E-state index in [0.717, 1.165) is 11.1 Å². The molecule has 0 aromatic heterocycles. The first-order chi connectivity index (χ1) is 20.9. The van der Waals surface area contributed by atoms with Crippen LogP contribution in [-0.4, -0.2) is 72.5 Å². The third kappa shape index (κ3) is 9.88. The second-order valence-corrected chi connectivity index (χ2v) is 9.67. The van der Waals surface area contributed by atoms with E-state index in [2.05, 4.69) is 16.0 Å². The van der Waals surface area contributed by atoms with Gasteiger partial charge in [0.15, 0.2) is 0 Å². The Balaban J connectivity index is 1.15. The van der Waals surface area contributed by atoms with Crippen LogP contribution < -0.4 is 16.0 Å². The first-order valence-electron chi connectivity index (χ1n) is 13.8. The van der Waals surface area contributed by atoms with Gasteiger partial charge < -0.3 is 29.9 Å². The normalized spacial score (nSPS) is 12.6. The van der Waals surface area contributed by atoms with Crippen molar-refractivity contribution in [3.05, 3.63) is 102 Å². The number of hydrogen-bond donors (Lipinski definition) is 4. The molecule has 1 aliphatic heterocycles. The Morgan fingerprint density at radius 2 is 1.35 bits per heavy atom. The number of nitrogens with one attached hydrogen (secondary N) is 4. The van der Waals surface area contributed by atoms with Crippen LogP contribution in [0.3, 0.4) is 0 Å². The number of esters is 1. The Kier molecular flexibility index (Phi) is 11.1. The second kappa shape index (κ2) is 15.6. The van der Waals surface area contributed by atoms with Crippen LogP contribution in [0.25, 0.3) is 0 Å². The number of alkyl carbamates (subject to hydrolysis) is 1. The van der Waals surface area contributed by atoms with Crippen LogP contribution >= 0.6 is 0 Å². The number of amides is 4. The number of guanidine groups is 1. The lowest BCUT2D eigenvalue weighted by molar-refractivity contribution is -0.144. The molecule has 224 valence electrons. The summed E-state index contributed by atoms with van der Waals surface area (Å²) in [4.78, 5) is 52.7. The summed E-state index contributed by atoms with van der Waals surface area (Å²) < 4.78 is 10.4. The van der Waals surface area contributed by atoms with Gasteiger partial charge in [0.25, 0.3) is 5.91 Å². The average molecular weight is 587 g/mol. The third-order valence-electron chi connectivity index (χ3n) is 6.55. The van der Waals surface area contributed by atoms with Gasteiger partial charge in [0.2, 0.25) is 5.96 Å². The number of benzene rings is 3. The third-order valence-corrected chi connectivity index (χ3v) is 6.55. The van der Waals surface area contributed by atoms with E-state index in [1.807, 2.05) is 60.7 Å². The van der Waals surface area contributed by atoms with Gasteiger partial charge in [-0.1, -0.05) is 66.7 Å². The van der Waals surface area contributed by atoms with Crippen molar-refractivity contribution < 1.29 is 28.7 Å². The SMILES string of the molecule is N=C(NC(=O)OCc1ccccc1)N1CCN(C(=O)Nc2cccc(C(=O)NCCC(=O)OCc3ccccc3)c2)CC1. The fraction of sp³-hybridized carbons (Fsp3) is 0.258. The number of rotatable bonds is 9. The van der Waals surface area contributed by atoms with E-state index in [-0.39, 0.29) is 44.1 Å². The Morgan fingerprint density at radius 3 is 2.00 bits per heavy atom. The molecule has 0 atom stereocenters. The first-order valence-corrected chi connectivity index (χ1v) is 13.8. The smallest absolute Gasteiger partial charge is 0.414 e. The molecule has 4 N–H and O–H groups in total. The summed E-state index contributed by atoms with van der Waals surface area (Å²) in [5.74, 6) is -0.894. The van der Waals surface area contributed by atoms with Crippen molar-refractivity contribution in [1.29, 1.82) is 5.41 Å². The number of nitrogens with zero attached hydrogens (tertiary/aromatic N) is 2. The molecular formula is C31H34N6O6. The molecule has 0 bridgehead atoms. The van der Waals surface area contributed by atoms with Crippen molar-refractivity contribution >= 4 is 35.6 Å². The zero-order valence-corrected chi connectivity index (χ0v) is 23.6. The molecule has 4 amide bonds. The molecule has 3 aromatic carbocycles. The Hall–Kier alpha value is -5.39. The standard InChI is InChI=1S/C31H34N6O6/c32-29(35-31(41)43-22-24-10-5-2-6-11-24)36-16-18-37(19-17-36)30(40)34-26-13-7-12-25(20-26)28(39)33-15-14-27(38)42-21-23-8-3-1-4-9-23/h1-13,20H,14-19,21-22H2,(H,33,39)(H,34,40)(H2,32,35,41). The summed E-state index contributed by atoms with van der Waals surface area (Å²) in [5.41, 5.74) is 2.50. The lowest BCUT2D eigenvalue weighted by atomic mass is 10.2. The van der Waals surface area contributed by atoms with Gasteiger partial charge in [-0.05, 0) is 29.3 Å². The maximum Gasteiger partial charge on any atom is 0.414 e. The topological polar surface area (TPSA) is 153 Å². The molecule has 0 aliphatic carbocycles. The van der Waals surface area contributed by atoms with Crippen LogP contribution in [0.4, 0.5) is 15.3 Å². The predicted octanol–water partition coefficient (Wildman–Crippen LogP) is 3.56. The van der Waals surface area contributed by atoms with Crippen LogP contribution in [0.5, 0.6) is 0 Å². The van der Waals surface area contributed by atoms with Gasteiger partial charge in [0, 0.05) is 44.0 Å². The van der Waals surface area contributed by atoms with Crippen LogP contribution in [0.15, 0.2) is 84.9 Å². The van der Waals surface area contributed by atoms with Crippen LogP contribution in [0.2, 0.25) is 0 Å². The molecule has 3 aromatic rings. The summed E-state index contributed by atoms with van der Waals surface area (Å²) in [6, 6.07) is 24.7. The number of carbonyl (C=O) groups excluding carboxylic acids is 4. The molecule has 1 heterocycles. The van der Waals surface area contributed by atoms with Gasteiger partial charge in [-0.2, -0.15) is 0 Å². The van der Waals surface area contributed by atoms with Crippen molar-refractivity contribution in [2.45, 2.75) is 19.6 Å². The number of anilines is 1. The van der Waals surface area contributed by atoms with Crippen molar-refractivity contribution in [3.8, 4) is 0 Å². The Labute approximate surface area is 249 Å². The fourth-order valence-electron chi connectivity index (χ4n) is 4.20. The highest BCUT2D eigenvalue weighted by Crippen LogP contribution is 2.13. The van der Waals surface area contributed by atoms with Crippen molar-refractivity contribution in [2.75, 3.05) is 38.0 Å². The quantitative estimate of drug-likeness (QED) is 0.170. The Bertz CT molecular complexity index is 1410. The largest absolute Gasteiger partial charge is 0.461 e. The van der Waals surface area contributed by atoms with Gasteiger partial charge in [-0.15, -0.1) is 0 Å². The highest BCUT2D eigenvalue weighted by Gasteiger charge is 2.24. The van der Waals surface area contributed by atoms with E-state index in [9.17, 15) is 19.2 Å². The zero-order chi connectivity index (χ0) is 30.4. The van der Waals surface area contributed by atoms with E-state index in [1.54, 1.807) is 34.1 Å². The number of ether oxygens (including phenoxy) is 2. The number of urea groups is 1. The molecule has 43 heavy (non-hydrogen) atoms. The van der Waals surface area contributed by atoms with E-state index in [1.165, 1.54) is 0 Å². The first kappa shape index (κ1) is 30.6. The maximum atomic E-state index is 12.8. The molecule has 1 aliphatic rings. The van der Waals surface area contributed by atoms with Gasteiger partial charge in [0.05, 0.1) is 6.42 Å². The minimum atomic E-state index is -0.721. The van der Waals surface area contributed by atoms with E-state index in [0.29, 0.717) is 37.4 Å². The van der Waals surface area contributed by atoms with E-state index < -0.39 is 12.1 Å². The molecule has 0 radical (unpaired) electrons. The molecule has 0 saturated carbocycles. The average Bonchev–Trinajstić information content (AvgIpc) is 3.04. The lowest BCUT2D eigenvalue weighted by Crippen LogP contribution is -2.55. The summed E-state index contributed by atoms with van der Waals surface area (Å²) in [7, 11) is 0. The molecular weight excluding hydrogens is 552 g/mol. The van der Waals surface area contributed by atoms with E-state index >= 15 is 0 Å². The second-order valence-electron chi connectivity index (χ2n) is 9.67. The summed E-state index contributed by atoms with van der Waals surface area (Å²) >= 11 is 0. The van der Waals surface area contributed by atoms with Gasteiger partial charge in [-0.25, -0.2) is 9.59 Å². The van der Waals surface area contributed by atoms with Crippen LogP contribution in [-0.2, 0) is 27.5 Å². The maximum absolute atomic E-state index is 12.8. The minimum absolute atomic E-state index is 0.0306. The van der Waals surface area contributed by atoms with Gasteiger partial charge >= 0.3 is 18.1 Å². The van der Waals surface area contributed by atoms with Gasteiger partial charge in [-0.3, -0.25) is 20.3 Å². The summed E-state index contributed by atoms with van der Waals surface area (Å²) in [5, 5.41) is 16.1. The highest BCUT2D eigenvalue weighted by molar-refractivity contribution is 5.97. The molecule has 4 rings (SSSR count). The molecule has 12 nitrogen and oxygen atoms in total. The highest BCUT2D eigenvalue weighted by atomic mass is 16.5. The van der Waals surface area contributed by atoms with Gasteiger partial charge in [0.1, 0.15) is 13.2 Å². The molecule has 0 unspecified atom stereocenters. The fourth-order valence-corrected chi connectivity index (χ4v) is 4.20.